The van der Waals surface area contributed by atoms with Crippen molar-refractivity contribution in [3.05, 3.63) is 217 Å². The van der Waals surface area contributed by atoms with E-state index in [0.717, 1.165) is 68.6 Å². The Morgan fingerprint density at radius 3 is 1.56 bits per heavy atom. The second-order valence-electron chi connectivity index (χ2n) is 13.7. The van der Waals surface area contributed by atoms with E-state index in [2.05, 4.69) is 229 Å². The van der Waals surface area contributed by atoms with Crippen LogP contribution in [0.3, 0.4) is 0 Å². The predicted molar refractivity (Wildman–Crippen MR) is 233 cm³/mol. The highest BCUT2D eigenvalue weighted by Crippen LogP contribution is 2.47. The van der Waals surface area contributed by atoms with E-state index in [1.165, 1.54) is 10.6 Å². The molecule has 3 nitrogen and oxygen atoms in total. The van der Waals surface area contributed by atoms with Crippen molar-refractivity contribution in [2.24, 2.45) is 5.92 Å². The van der Waals surface area contributed by atoms with Gasteiger partial charge in [-0.25, -0.2) is 0 Å². The SMILES string of the molecule is C=C1/C(C)=C\C=C/Sc2c1cccc2N(c1ccc(N(C2=CCC(C)C=C2)c2ccccc2)cc1)c1ccc(N(c2ccccc2)c2ccccc2)cc1. The van der Waals surface area contributed by atoms with Crippen LogP contribution in [0.25, 0.3) is 5.57 Å². The standard InChI is InChI=1S/C50H43N3S/c1-37-24-26-43(27-25-37)52(42-20-11-6-12-21-42)45-30-34-47(35-31-45)53(49-23-13-22-48-39(3)38(2)15-14-36-54-50(48)49)46-32-28-44(29-33-46)51(40-16-7-4-8-17-40)41-18-9-5-10-19-41/h4-24,26-37H,3,25H2,1-2H3/b36-14-,38-15-. The van der Waals surface area contributed by atoms with Crippen LogP contribution in [-0.4, -0.2) is 0 Å². The highest BCUT2D eigenvalue weighted by molar-refractivity contribution is 8.02. The molecule has 1 heterocycles. The summed E-state index contributed by atoms with van der Waals surface area (Å²) in [5.74, 6) is 0.537. The molecular weight excluding hydrogens is 675 g/mol. The van der Waals surface area contributed by atoms with Gasteiger partial charge in [-0.3, -0.25) is 0 Å². The highest BCUT2D eigenvalue weighted by Gasteiger charge is 2.23. The zero-order chi connectivity index (χ0) is 36.9. The van der Waals surface area contributed by atoms with E-state index in [1.807, 2.05) is 0 Å². The first-order valence-electron chi connectivity index (χ1n) is 18.5. The molecule has 0 fully saturated rings. The lowest BCUT2D eigenvalue weighted by Gasteiger charge is -2.31. The van der Waals surface area contributed by atoms with Crippen LogP contribution < -0.4 is 14.7 Å². The fraction of sp³-hybridized carbons (Fsp3) is 0.0800. The topological polar surface area (TPSA) is 9.72 Å². The molecule has 2 aliphatic rings. The van der Waals surface area contributed by atoms with Crippen LogP contribution in [0.1, 0.15) is 25.8 Å². The number of hydrogen-bond donors (Lipinski definition) is 0. The number of nitrogens with zero attached hydrogens (tertiary/aromatic N) is 3. The van der Waals surface area contributed by atoms with Gasteiger partial charge in [0.1, 0.15) is 0 Å². The number of para-hydroxylation sites is 3. The number of hydrogen-bond acceptors (Lipinski definition) is 4. The molecule has 0 saturated carbocycles. The first-order valence-corrected chi connectivity index (χ1v) is 19.4. The van der Waals surface area contributed by atoms with Crippen molar-refractivity contribution in [2.45, 2.75) is 25.2 Å². The second kappa shape index (κ2) is 15.8. The molecule has 0 radical (unpaired) electrons. The molecule has 264 valence electrons. The van der Waals surface area contributed by atoms with Gasteiger partial charge in [-0.15, -0.1) is 0 Å². The number of benzene rings is 6. The van der Waals surface area contributed by atoms with Gasteiger partial charge in [-0.05, 0) is 138 Å². The number of allylic oxidation sites excluding steroid dienone is 7. The van der Waals surface area contributed by atoms with Crippen molar-refractivity contribution >= 4 is 62.8 Å². The van der Waals surface area contributed by atoms with Crippen molar-refractivity contribution in [3.8, 4) is 0 Å². The van der Waals surface area contributed by atoms with E-state index in [9.17, 15) is 0 Å². The average molecular weight is 718 g/mol. The van der Waals surface area contributed by atoms with Crippen LogP contribution in [0.4, 0.5) is 45.5 Å². The van der Waals surface area contributed by atoms with E-state index in [1.54, 1.807) is 11.8 Å². The van der Waals surface area contributed by atoms with Crippen LogP contribution in [0.2, 0.25) is 0 Å². The van der Waals surface area contributed by atoms with E-state index in [0.29, 0.717) is 5.92 Å². The summed E-state index contributed by atoms with van der Waals surface area (Å²) in [6.07, 6.45) is 12.2. The molecular formula is C50H43N3S. The molecule has 1 aliphatic heterocycles. The molecule has 0 N–H and O–H groups in total. The summed E-state index contributed by atoms with van der Waals surface area (Å²) in [5, 5.41) is 2.17. The normalized spacial score (nSPS) is 16.6. The number of rotatable bonds is 9. The van der Waals surface area contributed by atoms with E-state index < -0.39 is 0 Å². The van der Waals surface area contributed by atoms with Gasteiger partial charge >= 0.3 is 0 Å². The maximum absolute atomic E-state index is 4.53. The third kappa shape index (κ3) is 7.21. The Morgan fingerprint density at radius 1 is 0.556 bits per heavy atom. The van der Waals surface area contributed by atoms with Gasteiger partial charge in [0.15, 0.2) is 0 Å². The van der Waals surface area contributed by atoms with Gasteiger partial charge < -0.3 is 14.7 Å². The summed E-state index contributed by atoms with van der Waals surface area (Å²) >= 11 is 1.74. The molecule has 1 atom stereocenters. The summed E-state index contributed by atoms with van der Waals surface area (Å²) in [4.78, 5) is 8.20. The highest BCUT2D eigenvalue weighted by atomic mass is 32.2. The molecule has 4 heteroatoms. The summed E-state index contributed by atoms with van der Waals surface area (Å²) in [6, 6.07) is 56.2. The number of anilines is 8. The Balaban J connectivity index is 1.24. The maximum Gasteiger partial charge on any atom is 0.0607 e. The maximum atomic E-state index is 4.53. The smallest absolute Gasteiger partial charge is 0.0607 e. The van der Waals surface area contributed by atoms with Crippen molar-refractivity contribution < 1.29 is 0 Å². The summed E-state index contributed by atoms with van der Waals surface area (Å²) in [5.41, 5.74) is 13.3. The molecule has 0 saturated heterocycles. The van der Waals surface area contributed by atoms with Crippen LogP contribution >= 0.6 is 11.8 Å². The van der Waals surface area contributed by atoms with Crippen LogP contribution in [-0.2, 0) is 0 Å². The van der Waals surface area contributed by atoms with E-state index in [-0.39, 0.29) is 0 Å². The van der Waals surface area contributed by atoms with Crippen molar-refractivity contribution in [2.75, 3.05) is 14.7 Å². The van der Waals surface area contributed by atoms with Gasteiger partial charge in [0.2, 0.25) is 0 Å². The molecule has 54 heavy (non-hydrogen) atoms. The zero-order valence-corrected chi connectivity index (χ0v) is 31.5. The predicted octanol–water partition coefficient (Wildman–Crippen LogP) is 14.8. The molecule has 0 spiro atoms. The summed E-state index contributed by atoms with van der Waals surface area (Å²) in [7, 11) is 0. The third-order valence-corrected chi connectivity index (χ3v) is 10.9. The molecule has 0 amide bonds. The van der Waals surface area contributed by atoms with Gasteiger partial charge in [-0.2, -0.15) is 0 Å². The molecule has 0 bridgehead atoms. The van der Waals surface area contributed by atoms with Crippen LogP contribution in [0.15, 0.2) is 216 Å². The fourth-order valence-electron chi connectivity index (χ4n) is 7.10. The molecule has 6 aromatic carbocycles. The van der Waals surface area contributed by atoms with Crippen molar-refractivity contribution in [3.63, 3.8) is 0 Å². The quantitative estimate of drug-likeness (QED) is 0.147. The van der Waals surface area contributed by atoms with Crippen molar-refractivity contribution in [1.29, 1.82) is 0 Å². The zero-order valence-electron chi connectivity index (χ0n) is 30.7. The number of thioether (sulfide) groups is 1. The Kier molecular flexibility index (Phi) is 10.2. The van der Waals surface area contributed by atoms with Crippen molar-refractivity contribution in [1.82, 2.24) is 0 Å². The van der Waals surface area contributed by atoms with Crippen LogP contribution in [0, 0.1) is 5.92 Å². The first kappa shape index (κ1) is 34.8. The summed E-state index contributed by atoms with van der Waals surface area (Å²) < 4.78 is 0. The molecule has 1 unspecified atom stereocenters. The average Bonchev–Trinajstić information content (AvgIpc) is 3.22. The minimum Gasteiger partial charge on any atom is -0.311 e. The van der Waals surface area contributed by atoms with Gasteiger partial charge in [0.25, 0.3) is 0 Å². The fourth-order valence-corrected chi connectivity index (χ4v) is 7.99. The van der Waals surface area contributed by atoms with E-state index in [4.69, 9.17) is 0 Å². The lowest BCUT2D eigenvalue weighted by Crippen LogP contribution is -2.17. The minimum atomic E-state index is 0.537. The lowest BCUT2D eigenvalue weighted by atomic mass is 9.99. The first-order chi connectivity index (χ1) is 26.5. The van der Waals surface area contributed by atoms with Crippen LogP contribution in [0.5, 0.6) is 0 Å². The van der Waals surface area contributed by atoms with E-state index >= 15 is 0 Å². The molecule has 6 aromatic rings. The third-order valence-electron chi connectivity index (χ3n) is 9.97. The Labute approximate surface area is 324 Å². The molecule has 8 rings (SSSR count). The largest absolute Gasteiger partial charge is 0.311 e. The minimum absolute atomic E-state index is 0.537. The van der Waals surface area contributed by atoms with Gasteiger partial charge in [-0.1, -0.05) is 116 Å². The Bertz CT molecular complexity index is 2320. The Hall–Kier alpha value is -6.23. The van der Waals surface area contributed by atoms with Gasteiger partial charge in [0, 0.05) is 50.4 Å². The van der Waals surface area contributed by atoms with Gasteiger partial charge in [0.05, 0.1) is 5.69 Å². The molecule has 0 aromatic heterocycles. The second-order valence-corrected chi connectivity index (χ2v) is 14.6. The lowest BCUT2D eigenvalue weighted by molar-refractivity contribution is 0.728. The number of fused-ring (bicyclic) bond motifs is 1. The molecule has 1 aliphatic carbocycles. The summed E-state index contributed by atoms with van der Waals surface area (Å²) in [6.45, 7) is 8.92. The monoisotopic (exact) mass is 717 g/mol. The Morgan fingerprint density at radius 2 is 1.04 bits per heavy atom.